The van der Waals surface area contributed by atoms with Gasteiger partial charge in [0.1, 0.15) is 44.1 Å². The van der Waals surface area contributed by atoms with Crippen molar-refractivity contribution in [2.45, 2.75) is 48.0 Å². The van der Waals surface area contributed by atoms with Gasteiger partial charge in [-0.2, -0.15) is 0 Å². The first-order chi connectivity index (χ1) is 11.4. The molecule has 11 nitrogen and oxygen atoms in total. The van der Waals surface area contributed by atoms with Gasteiger partial charge in [0.2, 0.25) is 5.12 Å². The van der Waals surface area contributed by atoms with Crippen molar-refractivity contribution < 1.29 is 54.3 Å². The highest BCUT2D eigenvalue weighted by Gasteiger charge is 2.55. The molecule has 0 aromatic rings. The predicted octanol–water partition coefficient (Wildman–Crippen LogP) is -3.91. The molecule has 8 atom stereocenters. The van der Waals surface area contributed by atoms with Gasteiger partial charge in [0, 0.05) is 0 Å². The fraction of sp³-hybridized carbons (Fsp3) is 1.00. The predicted molar refractivity (Wildman–Crippen MR) is 76.4 cm³/mol. The van der Waals surface area contributed by atoms with Crippen molar-refractivity contribution in [1.82, 2.24) is 0 Å². The molecule has 0 aromatic carbocycles. The minimum atomic E-state index is -1.85. The van der Waals surface area contributed by atoms with Gasteiger partial charge in [0.05, 0.1) is 13.2 Å². The Labute approximate surface area is 142 Å². The Balaban J connectivity index is 2.12. The third-order valence-corrected chi connectivity index (χ3v) is 4.32. The number of aliphatic hydroxyl groups is 6. The molecule has 0 amide bonds. The molecule has 24 heavy (non-hydrogen) atoms. The van der Waals surface area contributed by atoms with Crippen molar-refractivity contribution in [3.05, 3.63) is 0 Å². The van der Waals surface area contributed by atoms with Gasteiger partial charge < -0.3 is 54.3 Å². The fourth-order valence-electron chi connectivity index (χ4n) is 2.56. The highest BCUT2D eigenvalue weighted by molar-refractivity contribution is 7.81. The van der Waals surface area contributed by atoms with E-state index in [4.69, 9.17) is 39.0 Å². The minimum absolute atomic E-state index is 0.105. The molecule has 3 unspecified atom stereocenters. The lowest BCUT2D eigenvalue weighted by molar-refractivity contribution is -0.352. The van der Waals surface area contributed by atoms with Crippen molar-refractivity contribution in [2.24, 2.45) is 0 Å². The van der Waals surface area contributed by atoms with Crippen molar-refractivity contribution in [3.8, 4) is 0 Å². The Bertz CT molecular complexity index is 399. The maximum absolute atomic E-state index is 9.99. The molecule has 2 aliphatic rings. The van der Waals surface area contributed by atoms with Gasteiger partial charge in [0.25, 0.3) is 0 Å². The lowest BCUT2D eigenvalue weighted by atomic mass is 9.99. The highest BCUT2D eigenvalue weighted by atomic mass is 32.1. The van der Waals surface area contributed by atoms with Gasteiger partial charge in [-0.1, -0.05) is 0 Å². The number of hydrogen-bond donors (Lipinski definition) is 7. The number of rotatable bonds is 7. The highest BCUT2D eigenvalue weighted by Crippen LogP contribution is 2.38. The van der Waals surface area contributed by atoms with Crippen LogP contribution in [-0.4, -0.2) is 105 Å². The summed E-state index contributed by atoms with van der Waals surface area (Å²) >= 11 is 4.18. The van der Waals surface area contributed by atoms with E-state index in [1.54, 1.807) is 0 Å². The van der Waals surface area contributed by atoms with Crippen LogP contribution in [0, 0.1) is 0 Å². The molecule has 2 aliphatic heterocycles. The van der Waals surface area contributed by atoms with Crippen LogP contribution in [0.15, 0.2) is 0 Å². The number of ether oxygens (including phenoxy) is 5. The van der Waals surface area contributed by atoms with E-state index in [-0.39, 0.29) is 6.61 Å². The van der Waals surface area contributed by atoms with E-state index in [0.29, 0.717) is 0 Å². The average molecular weight is 374 g/mol. The van der Waals surface area contributed by atoms with Gasteiger partial charge >= 0.3 is 0 Å². The van der Waals surface area contributed by atoms with Crippen molar-refractivity contribution >= 4 is 12.6 Å². The largest absolute Gasteiger partial charge is 0.394 e. The second-order valence-electron chi connectivity index (χ2n) is 5.31. The third kappa shape index (κ3) is 4.00. The summed E-state index contributed by atoms with van der Waals surface area (Å²) in [4.78, 5) is 0. The molecule has 0 spiro atoms. The van der Waals surface area contributed by atoms with Crippen LogP contribution in [-0.2, 0) is 23.7 Å². The normalized spacial score (nSPS) is 46.4. The van der Waals surface area contributed by atoms with Gasteiger partial charge in [-0.25, -0.2) is 0 Å². The summed E-state index contributed by atoms with van der Waals surface area (Å²) in [5, 5.41) is 54.7. The quantitative estimate of drug-likeness (QED) is 0.172. The molecule has 0 aliphatic carbocycles. The molecule has 0 saturated carbocycles. The van der Waals surface area contributed by atoms with Crippen LogP contribution in [0.25, 0.3) is 0 Å². The van der Waals surface area contributed by atoms with Crippen LogP contribution in [0.5, 0.6) is 0 Å². The SMILES string of the molecule is OCOC1COC(S)(O[C@@H]2O[C@H](CO)[C@@H](O)[C@H](O)[C@H]2O)C1OCO. The molecule has 0 bridgehead atoms. The van der Waals surface area contributed by atoms with E-state index in [1.165, 1.54) is 0 Å². The maximum atomic E-state index is 9.99. The fourth-order valence-corrected chi connectivity index (χ4v) is 2.98. The molecule has 2 heterocycles. The van der Waals surface area contributed by atoms with E-state index in [0.717, 1.165) is 0 Å². The van der Waals surface area contributed by atoms with Crippen LogP contribution in [0.2, 0.25) is 0 Å². The standard InChI is InChI=1S/C12H22O11S/c13-1-5-7(16)8(17)9(18)11(22-5)23-12(24)10(20-4-15)6(2-21-12)19-3-14/h5-11,13-18,24H,1-4H2/t5-,6?,7-,8+,9-,10?,11+,12?/m1/s1. The third-order valence-electron chi connectivity index (χ3n) is 3.83. The Hall–Kier alpha value is -0.0900. The summed E-state index contributed by atoms with van der Waals surface area (Å²) < 4.78 is 26.0. The molecule has 12 heteroatoms. The smallest absolute Gasteiger partial charge is 0.247 e. The lowest BCUT2D eigenvalue weighted by Gasteiger charge is -2.42. The Kier molecular flexibility index (Phi) is 7.19. The van der Waals surface area contributed by atoms with E-state index in [2.05, 4.69) is 12.6 Å². The van der Waals surface area contributed by atoms with Crippen LogP contribution in [0.1, 0.15) is 0 Å². The van der Waals surface area contributed by atoms with Crippen LogP contribution < -0.4 is 0 Å². The first-order valence-electron chi connectivity index (χ1n) is 7.17. The summed E-state index contributed by atoms with van der Waals surface area (Å²) in [7, 11) is 0. The lowest BCUT2D eigenvalue weighted by Crippen LogP contribution is -2.61. The van der Waals surface area contributed by atoms with E-state index in [9.17, 15) is 15.3 Å². The van der Waals surface area contributed by atoms with E-state index in [1.807, 2.05) is 0 Å². The first-order valence-corrected chi connectivity index (χ1v) is 7.62. The molecular weight excluding hydrogens is 352 g/mol. The van der Waals surface area contributed by atoms with Crippen molar-refractivity contribution in [2.75, 3.05) is 26.8 Å². The summed E-state index contributed by atoms with van der Waals surface area (Å²) in [6, 6.07) is 0. The molecular formula is C12H22O11S. The van der Waals surface area contributed by atoms with Crippen LogP contribution in [0.4, 0.5) is 0 Å². The summed E-state index contributed by atoms with van der Waals surface area (Å²) in [6.45, 7) is -2.09. The van der Waals surface area contributed by atoms with Crippen LogP contribution in [0.3, 0.4) is 0 Å². The zero-order chi connectivity index (χ0) is 17.9. The Morgan fingerprint density at radius 3 is 2.25 bits per heavy atom. The summed E-state index contributed by atoms with van der Waals surface area (Å²) in [6.07, 6.45) is -9.47. The van der Waals surface area contributed by atoms with Gasteiger partial charge in [-0.05, 0) is 0 Å². The molecule has 2 saturated heterocycles. The summed E-state index contributed by atoms with van der Waals surface area (Å²) in [5.74, 6) is 0. The molecule has 0 aromatic heterocycles. The topological polar surface area (TPSA) is 168 Å². The maximum Gasteiger partial charge on any atom is 0.247 e. The second-order valence-corrected chi connectivity index (χ2v) is 5.93. The van der Waals surface area contributed by atoms with E-state index < -0.39 is 68.2 Å². The van der Waals surface area contributed by atoms with Gasteiger partial charge in [0.15, 0.2) is 12.4 Å². The molecule has 6 N–H and O–H groups in total. The molecule has 2 rings (SSSR count). The monoisotopic (exact) mass is 374 g/mol. The Morgan fingerprint density at radius 2 is 1.67 bits per heavy atom. The average Bonchev–Trinajstić information content (AvgIpc) is 2.86. The zero-order valence-corrected chi connectivity index (χ0v) is 13.4. The first kappa shape index (κ1) is 20.2. The number of hydrogen-bond acceptors (Lipinski definition) is 12. The van der Waals surface area contributed by atoms with Crippen LogP contribution >= 0.6 is 12.6 Å². The van der Waals surface area contributed by atoms with Gasteiger partial charge in [-0.15, -0.1) is 12.6 Å². The van der Waals surface area contributed by atoms with Crippen molar-refractivity contribution in [3.63, 3.8) is 0 Å². The molecule has 0 radical (unpaired) electrons. The number of thiol groups is 1. The Morgan fingerprint density at radius 1 is 1.00 bits per heavy atom. The minimum Gasteiger partial charge on any atom is -0.394 e. The van der Waals surface area contributed by atoms with E-state index >= 15 is 0 Å². The number of aliphatic hydroxyl groups excluding tert-OH is 6. The molecule has 2 fully saturated rings. The molecule has 142 valence electrons. The van der Waals surface area contributed by atoms with Crippen molar-refractivity contribution in [1.29, 1.82) is 0 Å². The van der Waals surface area contributed by atoms with Gasteiger partial charge in [-0.3, -0.25) is 0 Å². The zero-order valence-electron chi connectivity index (χ0n) is 12.5. The summed E-state index contributed by atoms with van der Waals surface area (Å²) in [5.41, 5.74) is 0. The second kappa shape index (κ2) is 8.53.